The van der Waals surface area contributed by atoms with Crippen molar-refractivity contribution in [2.75, 3.05) is 26.0 Å². The van der Waals surface area contributed by atoms with Crippen LogP contribution in [0, 0.1) is 5.92 Å². The molecule has 0 saturated carbocycles. The summed E-state index contributed by atoms with van der Waals surface area (Å²) >= 11 is 0. The van der Waals surface area contributed by atoms with Crippen molar-refractivity contribution in [3.05, 3.63) is 0 Å². The highest BCUT2D eigenvalue weighted by Gasteiger charge is 2.22. The van der Waals surface area contributed by atoms with E-state index in [-0.39, 0.29) is 19.7 Å². The monoisotopic (exact) mass is 225 g/mol. The molecule has 0 bridgehead atoms. The number of sulfonamides is 1. The van der Waals surface area contributed by atoms with E-state index in [0.717, 1.165) is 10.6 Å². The smallest absolute Gasteiger partial charge is 0.307 e. The molecule has 0 rings (SSSR count). The second-order valence-corrected chi connectivity index (χ2v) is 5.07. The number of aliphatic hydroxyl groups excluding tert-OH is 1. The van der Waals surface area contributed by atoms with Crippen LogP contribution in [0.3, 0.4) is 0 Å². The van der Waals surface area contributed by atoms with Crippen molar-refractivity contribution in [3.63, 3.8) is 0 Å². The van der Waals surface area contributed by atoms with Gasteiger partial charge < -0.3 is 10.2 Å². The summed E-state index contributed by atoms with van der Waals surface area (Å²) in [5.41, 5.74) is 0. The summed E-state index contributed by atoms with van der Waals surface area (Å²) in [6, 6.07) is 0. The number of aliphatic carboxylic acids is 1. The molecule has 14 heavy (non-hydrogen) atoms. The average Bonchev–Trinajstić information content (AvgIpc) is 2.01. The highest BCUT2D eigenvalue weighted by atomic mass is 32.2. The lowest BCUT2D eigenvalue weighted by Gasteiger charge is -2.20. The molecule has 0 fully saturated rings. The number of hydrogen-bond donors (Lipinski definition) is 2. The zero-order valence-corrected chi connectivity index (χ0v) is 8.99. The molecule has 7 heteroatoms. The Morgan fingerprint density at radius 3 is 2.29 bits per heavy atom. The molecule has 1 atom stereocenters. The maximum atomic E-state index is 11.1. The predicted molar refractivity (Wildman–Crippen MR) is 50.3 cm³/mol. The number of carboxylic acid groups (broad SMARTS) is 1. The quantitative estimate of drug-likeness (QED) is 0.602. The van der Waals surface area contributed by atoms with Crippen molar-refractivity contribution >= 4 is 16.0 Å². The van der Waals surface area contributed by atoms with Crippen LogP contribution in [0.4, 0.5) is 0 Å². The molecule has 0 aromatic rings. The van der Waals surface area contributed by atoms with E-state index in [9.17, 15) is 13.2 Å². The topological polar surface area (TPSA) is 94.9 Å². The summed E-state index contributed by atoms with van der Waals surface area (Å²) in [6.45, 7) is 0.905. The number of nitrogens with zero attached hydrogens (tertiary/aromatic N) is 1. The van der Waals surface area contributed by atoms with Gasteiger partial charge >= 0.3 is 5.97 Å². The maximum Gasteiger partial charge on any atom is 0.307 e. The van der Waals surface area contributed by atoms with Crippen molar-refractivity contribution in [1.29, 1.82) is 0 Å². The summed E-state index contributed by atoms with van der Waals surface area (Å²) in [6.07, 6.45) is 0.983. The number of rotatable bonds is 6. The third-order valence-corrected chi connectivity index (χ3v) is 2.99. The lowest BCUT2D eigenvalue weighted by molar-refractivity contribution is -0.141. The van der Waals surface area contributed by atoms with E-state index in [1.54, 1.807) is 0 Å². The van der Waals surface area contributed by atoms with Crippen LogP contribution in [-0.4, -0.2) is 54.9 Å². The van der Waals surface area contributed by atoms with Gasteiger partial charge in [-0.3, -0.25) is 4.79 Å². The molecule has 6 nitrogen and oxygen atoms in total. The molecule has 0 amide bonds. The van der Waals surface area contributed by atoms with Crippen molar-refractivity contribution < 1.29 is 23.4 Å². The van der Waals surface area contributed by atoms with Gasteiger partial charge in [0.05, 0.1) is 18.8 Å². The molecule has 0 aliphatic heterocycles. The molecule has 1 unspecified atom stereocenters. The van der Waals surface area contributed by atoms with Crippen molar-refractivity contribution in [2.24, 2.45) is 5.92 Å². The number of carboxylic acids is 1. The minimum Gasteiger partial charge on any atom is -0.481 e. The summed E-state index contributed by atoms with van der Waals surface area (Å²) in [5, 5.41) is 17.2. The van der Waals surface area contributed by atoms with Crippen LogP contribution >= 0.6 is 0 Å². The van der Waals surface area contributed by atoms with Gasteiger partial charge in [0.15, 0.2) is 0 Å². The third-order valence-electron chi connectivity index (χ3n) is 1.72. The fourth-order valence-electron chi connectivity index (χ4n) is 0.888. The molecule has 84 valence electrons. The van der Waals surface area contributed by atoms with Crippen LogP contribution in [0.25, 0.3) is 0 Å². The van der Waals surface area contributed by atoms with Gasteiger partial charge in [0.1, 0.15) is 0 Å². The largest absolute Gasteiger partial charge is 0.481 e. The highest BCUT2D eigenvalue weighted by molar-refractivity contribution is 7.88. The minimum absolute atomic E-state index is 0.0730. The summed E-state index contributed by atoms with van der Waals surface area (Å²) < 4.78 is 23.2. The highest BCUT2D eigenvalue weighted by Crippen LogP contribution is 2.04. The normalized spacial score (nSPS) is 14.3. The van der Waals surface area contributed by atoms with Crippen LogP contribution in [0.1, 0.15) is 6.92 Å². The first-order valence-electron chi connectivity index (χ1n) is 4.07. The van der Waals surface area contributed by atoms with E-state index in [2.05, 4.69) is 0 Å². The van der Waals surface area contributed by atoms with Crippen LogP contribution < -0.4 is 0 Å². The Labute approximate surface area is 83.2 Å². The molecule has 2 N–H and O–H groups in total. The maximum absolute atomic E-state index is 11.1. The first kappa shape index (κ1) is 13.3. The average molecular weight is 225 g/mol. The van der Waals surface area contributed by atoms with E-state index >= 15 is 0 Å². The zero-order valence-electron chi connectivity index (χ0n) is 8.17. The minimum atomic E-state index is -3.45. The molecule has 0 aromatic heterocycles. The van der Waals surface area contributed by atoms with Crippen molar-refractivity contribution in [1.82, 2.24) is 4.31 Å². The van der Waals surface area contributed by atoms with E-state index < -0.39 is 21.9 Å². The first-order chi connectivity index (χ1) is 6.29. The molecular formula is C7H15NO5S. The fraction of sp³-hybridized carbons (Fsp3) is 0.857. The van der Waals surface area contributed by atoms with Crippen LogP contribution in [0.5, 0.6) is 0 Å². The number of aliphatic hydroxyl groups is 1. The molecule has 0 heterocycles. The number of hydrogen-bond acceptors (Lipinski definition) is 4. The van der Waals surface area contributed by atoms with Gasteiger partial charge in [-0.25, -0.2) is 8.42 Å². The summed E-state index contributed by atoms with van der Waals surface area (Å²) in [7, 11) is -3.45. The van der Waals surface area contributed by atoms with Crippen LogP contribution in [-0.2, 0) is 14.8 Å². The van der Waals surface area contributed by atoms with E-state index in [0.29, 0.717) is 0 Å². The second-order valence-electron chi connectivity index (χ2n) is 3.08. The molecular weight excluding hydrogens is 210 g/mol. The Hall–Kier alpha value is -0.660. The van der Waals surface area contributed by atoms with Gasteiger partial charge in [-0.15, -0.1) is 0 Å². The third kappa shape index (κ3) is 4.54. The van der Waals surface area contributed by atoms with Gasteiger partial charge in [-0.2, -0.15) is 4.31 Å². The van der Waals surface area contributed by atoms with Gasteiger partial charge in [-0.1, -0.05) is 6.92 Å². The lowest BCUT2D eigenvalue weighted by atomic mass is 10.2. The van der Waals surface area contributed by atoms with E-state index in [1.807, 2.05) is 0 Å². The molecule has 0 aromatic carbocycles. The second kappa shape index (κ2) is 5.28. The van der Waals surface area contributed by atoms with Gasteiger partial charge in [-0.05, 0) is 0 Å². The van der Waals surface area contributed by atoms with Crippen LogP contribution in [0.15, 0.2) is 0 Å². The van der Waals surface area contributed by atoms with Gasteiger partial charge in [0.25, 0.3) is 0 Å². The van der Waals surface area contributed by atoms with E-state index in [1.165, 1.54) is 6.92 Å². The Balaban J connectivity index is 4.46. The van der Waals surface area contributed by atoms with Gasteiger partial charge in [0, 0.05) is 13.1 Å². The summed E-state index contributed by atoms with van der Waals surface area (Å²) in [4.78, 5) is 10.5. The SMILES string of the molecule is CC(CN(CCO)S(C)(=O)=O)C(=O)O. The Bertz CT molecular complexity index is 286. The molecule has 0 radical (unpaired) electrons. The standard InChI is InChI=1S/C7H15NO5S/c1-6(7(10)11)5-8(3-4-9)14(2,12)13/h6,9H,3-5H2,1-2H3,(H,10,11). The first-order valence-corrected chi connectivity index (χ1v) is 5.92. The van der Waals surface area contributed by atoms with Crippen molar-refractivity contribution in [2.45, 2.75) is 6.92 Å². The molecule has 0 saturated heterocycles. The zero-order chi connectivity index (χ0) is 11.4. The summed E-state index contributed by atoms with van der Waals surface area (Å²) in [5.74, 6) is -1.84. The lowest BCUT2D eigenvalue weighted by Crippen LogP contribution is -2.38. The van der Waals surface area contributed by atoms with Crippen LogP contribution in [0.2, 0.25) is 0 Å². The molecule has 0 spiro atoms. The van der Waals surface area contributed by atoms with E-state index in [4.69, 9.17) is 10.2 Å². The molecule has 0 aliphatic carbocycles. The Morgan fingerprint density at radius 1 is 1.50 bits per heavy atom. The Kier molecular flexibility index (Phi) is 5.03. The molecule has 0 aliphatic rings. The van der Waals surface area contributed by atoms with Gasteiger partial charge in [0.2, 0.25) is 10.0 Å². The van der Waals surface area contributed by atoms with Crippen molar-refractivity contribution in [3.8, 4) is 0 Å². The fourth-order valence-corrected chi connectivity index (χ4v) is 1.80. The number of carbonyl (C=O) groups is 1. The Morgan fingerprint density at radius 2 is 2.00 bits per heavy atom. The predicted octanol–water partition coefficient (Wildman–Crippen LogP) is -1.04.